The Hall–Kier alpha value is -2.51. The van der Waals surface area contributed by atoms with Crippen LogP contribution in [0.4, 0.5) is 0 Å². The van der Waals surface area contributed by atoms with Gasteiger partial charge >= 0.3 is 5.69 Å². The molecular formula is C14H8ClN3O. The fourth-order valence-corrected chi connectivity index (χ4v) is 2.13. The van der Waals surface area contributed by atoms with Crippen LogP contribution in [0.5, 0.6) is 0 Å². The van der Waals surface area contributed by atoms with E-state index < -0.39 is 0 Å². The predicted molar refractivity (Wildman–Crippen MR) is 75.1 cm³/mol. The number of terminal acetylenes is 1. The van der Waals surface area contributed by atoms with Gasteiger partial charge in [0.2, 0.25) is 0 Å². The highest BCUT2D eigenvalue weighted by molar-refractivity contribution is 6.33. The van der Waals surface area contributed by atoms with Crippen LogP contribution in [0, 0.1) is 12.3 Å². The van der Waals surface area contributed by atoms with Crippen molar-refractivity contribution in [2.75, 3.05) is 0 Å². The lowest BCUT2D eigenvalue weighted by Gasteiger charge is -2.04. The van der Waals surface area contributed by atoms with Crippen LogP contribution >= 0.6 is 11.6 Å². The quantitative estimate of drug-likeness (QED) is 0.667. The Balaban J connectivity index is 2.20. The molecular weight excluding hydrogens is 262 g/mol. The first-order chi connectivity index (χ1) is 9.17. The summed E-state index contributed by atoms with van der Waals surface area (Å²) in [5.74, 6) is 2.55. The Morgan fingerprint density at radius 3 is 2.63 bits per heavy atom. The standard InChI is InChI=1S/C14H8ClN3O/c1-2-8-3-5-9(6-4-8)12-10(15)7-11-13(17-12)18-14(19)16-11/h1,3-7H,(H2,16,17,18,19). The number of H-pyrrole nitrogens is 2. The molecule has 0 fully saturated rings. The summed E-state index contributed by atoms with van der Waals surface area (Å²) in [5, 5.41) is 0.469. The molecule has 0 spiro atoms. The molecule has 4 nitrogen and oxygen atoms in total. The van der Waals surface area contributed by atoms with E-state index in [1.165, 1.54) is 0 Å². The SMILES string of the molecule is C#Cc1ccc(-c2nc3[nH]c(=O)[nH]c3cc2Cl)cc1. The zero-order valence-electron chi connectivity index (χ0n) is 9.70. The Kier molecular flexibility index (Phi) is 2.62. The first kappa shape index (κ1) is 11.6. The van der Waals surface area contributed by atoms with E-state index in [2.05, 4.69) is 20.9 Å². The fourth-order valence-electron chi connectivity index (χ4n) is 1.87. The van der Waals surface area contributed by atoms with Crippen molar-refractivity contribution in [3.05, 3.63) is 51.4 Å². The zero-order chi connectivity index (χ0) is 13.4. The van der Waals surface area contributed by atoms with Crippen molar-refractivity contribution < 1.29 is 0 Å². The average molecular weight is 270 g/mol. The van der Waals surface area contributed by atoms with Gasteiger partial charge in [0, 0.05) is 11.1 Å². The molecule has 2 heterocycles. The van der Waals surface area contributed by atoms with Crippen molar-refractivity contribution in [1.29, 1.82) is 0 Å². The molecule has 3 rings (SSSR count). The molecule has 2 aromatic heterocycles. The minimum Gasteiger partial charge on any atom is -0.304 e. The average Bonchev–Trinajstić information content (AvgIpc) is 2.77. The topological polar surface area (TPSA) is 61.5 Å². The molecule has 0 aliphatic rings. The summed E-state index contributed by atoms with van der Waals surface area (Å²) in [6, 6.07) is 9.00. The molecule has 19 heavy (non-hydrogen) atoms. The van der Waals surface area contributed by atoms with E-state index in [0.717, 1.165) is 11.1 Å². The van der Waals surface area contributed by atoms with Crippen LogP contribution in [0.25, 0.3) is 22.4 Å². The highest BCUT2D eigenvalue weighted by Gasteiger charge is 2.09. The van der Waals surface area contributed by atoms with Gasteiger partial charge in [-0.15, -0.1) is 6.42 Å². The molecule has 1 aromatic carbocycles. The summed E-state index contributed by atoms with van der Waals surface area (Å²) in [6.45, 7) is 0. The number of pyridine rings is 1. The van der Waals surface area contributed by atoms with Crippen molar-refractivity contribution in [1.82, 2.24) is 15.0 Å². The van der Waals surface area contributed by atoms with Gasteiger partial charge in [0.05, 0.1) is 16.2 Å². The number of fused-ring (bicyclic) bond motifs is 1. The van der Waals surface area contributed by atoms with Gasteiger partial charge < -0.3 is 4.98 Å². The van der Waals surface area contributed by atoms with Gasteiger partial charge in [0.1, 0.15) is 0 Å². The van der Waals surface area contributed by atoms with Crippen molar-refractivity contribution in [2.45, 2.75) is 0 Å². The highest BCUT2D eigenvalue weighted by atomic mass is 35.5. The van der Waals surface area contributed by atoms with Gasteiger partial charge in [0.15, 0.2) is 5.65 Å². The van der Waals surface area contributed by atoms with E-state index in [4.69, 9.17) is 18.0 Å². The molecule has 5 heteroatoms. The molecule has 0 saturated carbocycles. The molecule has 3 aromatic rings. The highest BCUT2D eigenvalue weighted by Crippen LogP contribution is 2.27. The second-order valence-electron chi connectivity index (χ2n) is 4.02. The number of rotatable bonds is 1. The van der Waals surface area contributed by atoms with E-state index in [9.17, 15) is 4.79 Å². The van der Waals surface area contributed by atoms with Crippen LogP contribution in [-0.4, -0.2) is 15.0 Å². The van der Waals surface area contributed by atoms with Gasteiger partial charge in [0.25, 0.3) is 0 Å². The van der Waals surface area contributed by atoms with E-state index in [1.54, 1.807) is 6.07 Å². The molecule has 0 bridgehead atoms. The Morgan fingerprint density at radius 1 is 1.21 bits per heavy atom. The Morgan fingerprint density at radius 2 is 1.95 bits per heavy atom. The van der Waals surface area contributed by atoms with Crippen LogP contribution in [0.1, 0.15) is 5.56 Å². The van der Waals surface area contributed by atoms with Gasteiger partial charge in [-0.25, -0.2) is 9.78 Å². The molecule has 2 N–H and O–H groups in total. The third-order valence-electron chi connectivity index (χ3n) is 2.78. The van der Waals surface area contributed by atoms with Crippen LogP contribution in [0.2, 0.25) is 5.02 Å². The van der Waals surface area contributed by atoms with Crippen molar-refractivity contribution in [3.63, 3.8) is 0 Å². The largest absolute Gasteiger partial charge is 0.325 e. The molecule has 0 atom stereocenters. The first-order valence-corrected chi connectivity index (χ1v) is 5.91. The maximum absolute atomic E-state index is 11.2. The molecule has 0 aliphatic heterocycles. The van der Waals surface area contributed by atoms with E-state index in [1.807, 2.05) is 24.3 Å². The van der Waals surface area contributed by atoms with E-state index in [0.29, 0.717) is 21.9 Å². The number of benzene rings is 1. The maximum atomic E-state index is 11.2. The number of hydrogen-bond donors (Lipinski definition) is 2. The van der Waals surface area contributed by atoms with Crippen molar-refractivity contribution in [3.8, 4) is 23.6 Å². The van der Waals surface area contributed by atoms with Crippen molar-refractivity contribution >= 4 is 22.8 Å². The van der Waals surface area contributed by atoms with E-state index >= 15 is 0 Å². The smallest absolute Gasteiger partial charge is 0.304 e. The lowest BCUT2D eigenvalue weighted by molar-refractivity contribution is 1.20. The van der Waals surface area contributed by atoms with Gasteiger partial charge in [-0.2, -0.15) is 0 Å². The minimum absolute atomic E-state index is 0.307. The van der Waals surface area contributed by atoms with Gasteiger partial charge in [-0.05, 0) is 18.2 Å². The number of imidazole rings is 1. The van der Waals surface area contributed by atoms with Crippen LogP contribution in [0.15, 0.2) is 35.1 Å². The van der Waals surface area contributed by atoms with Crippen molar-refractivity contribution in [2.24, 2.45) is 0 Å². The number of halogens is 1. The Labute approximate surface area is 113 Å². The van der Waals surface area contributed by atoms with Crippen LogP contribution in [0.3, 0.4) is 0 Å². The molecule has 0 radical (unpaired) electrons. The van der Waals surface area contributed by atoms with E-state index in [-0.39, 0.29) is 5.69 Å². The number of hydrogen-bond acceptors (Lipinski definition) is 2. The third-order valence-corrected chi connectivity index (χ3v) is 3.07. The normalized spacial score (nSPS) is 10.5. The van der Waals surface area contributed by atoms with Crippen LogP contribution < -0.4 is 5.69 Å². The summed E-state index contributed by atoms with van der Waals surface area (Å²) >= 11 is 6.18. The zero-order valence-corrected chi connectivity index (χ0v) is 10.5. The summed E-state index contributed by atoms with van der Waals surface area (Å²) in [6.07, 6.45) is 5.31. The summed E-state index contributed by atoms with van der Waals surface area (Å²) in [5.41, 5.74) is 2.99. The number of nitrogens with one attached hydrogen (secondary N) is 2. The Bertz CT molecular complexity index is 853. The predicted octanol–water partition coefficient (Wildman–Crippen LogP) is 2.55. The monoisotopic (exact) mass is 269 g/mol. The fraction of sp³-hybridized carbons (Fsp3) is 0. The molecule has 0 amide bonds. The number of aromatic amines is 2. The third kappa shape index (κ3) is 2.01. The number of nitrogens with zero attached hydrogens (tertiary/aromatic N) is 1. The number of aromatic nitrogens is 3. The molecule has 0 saturated heterocycles. The van der Waals surface area contributed by atoms with Gasteiger partial charge in [-0.3, -0.25) is 4.98 Å². The molecule has 92 valence electrons. The summed E-state index contributed by atoms with van der Waals surface area (Å²) in [4.78, 5) is 20.8. The molecule has 0 aliphatic carbocycles. The molecule has 0 unspecified atom stereocenters. The summed E-state index contributed by atoms with van der Waals surface area (Å²) < 4.78 is 0. The summed E-state index contributed by atoms with van der Waals surface area (Å²) in [7, 11) is 0. The second kappa shape index (κ2) is 4.30. The first-order valence-electron chi connectivity index (χ1n) is 5.53. The van der Waals surface area contributed by atoms with Crippen LogP contribution in [-0.2, 0) is 0 Å². The second-order valence-corrected chi connectivity index (χ2v) is 4.42. The minimum atomic E-state index is -0.307. The lowest BCUT2D eigenvalue weighted by atomic mass is 10.1. The maximum Gasteiger partial charge on any atom is 0.325 e. The van der Waals surface area contributed by atoms with Gasteiger partial charge in [-0.1, -0.05) is 29.7 Å². The lowest BCUT2D eigenvalue weighted by Crippen LogP contribution is -1.99.